The molecule has 0 saturated carbocycles. The van der Waals surface area contributed by atoms with E-state index in [2.05, 4.69) is 20.9 Å². The summed E-state index contributed by atoms with van der Waals surface area (Å²) in [5.41, 5.74) is 1.99. The number of carbonyl (C=O) groups excluding carboxylic acids is 2. The van der Waals surface area contributed by atoms with Gasteiger partial charge in [0.25, 0.3) is 5.91 Å². The van der Waals surface area contributed by atoms with Crippen molar-refractivity contribution in [3.63, 3.8) is 0 Å². The number of halogens is 2. The first-order valence-electron chi connectivity index (χ1n) is 11.4. The van der Waals surface area contributed by atoms with Crippen molar-refractivity contribution in [1.29, 1.82) is 0 Å². The highest BCUT2D eigenvalue weighted by Crippen LogP contribution is 2.26. The Morgan fingerprint density at radius 1 is 0.972 bits per heavy atom. The topological polar surface area (TPSA) is 91.9 Å². The number of amides is 3. The Bertz CT molecular complexity index is 1230. The minimum atomic E-state index is -0.638. The number of hydrogen-bond acceptors (Lipinski definition) is 5. The zero-order valence-corrected chi connectivity index (χ0v) is 20.4. The summed E-state index contributed by atoms with van der Waals surface area (Å²) < 4.78 is 24.9. The van der Waals surface area contributed by atoms with Crippen LogP contribution in [0.1, 0.15) is 15.9 Å². The molecule has 0 aromatic heterocycles. The Balaban J connectivity index is 1.34. The number of benzene rings is 3. The van der Waals surface area contributed by atoms with Crippen LogP contribution in [0.4, 0.5) is 20.6 Å². The van der Waals surface area contributed by atoms with Crippen molar-refractivity contribution in [2.24, 2.45) is 0 Å². The summed E-state index contributed by atoms with van der Waals surface area (Å²) in [5.74, 6) is -0.413. The van der Waals surface area contributed by atoms with Crippen molar-refractivity contribution in [3.8, 4) is 11.5 Å². The third-order valence-electron chi connectivity index (χ3n) is 5.56. The molecule has 3 amide bonds. The second-order valence-electron chi connectivity index (χ2n) is 8.12. The van der Waals surface area contributed by atoms with E-state index in [4.69, 9.17) is 21.1 Å². The smallest absolute Gasteiger partial charge is 0.323 e. The highest BCUT2D eigenvalue weighted by atomic mass is 35.5. The van der Waals surface area contributed by atoms with E-state index in [9.17, 15) is 14.0 Å². The average molecular weight is 513 g/mol. The van der Waals surface area contributed by atoms with Gasteiger partial charge in [-0.1, -0.05) is 11.6 Å². The number of hydrogen-bond donors (Lipinski definition) is 3. The van der Waals surface area contributed by atoms with Crippen molar-refractivity contribution in [1.82, 2.24) is 10.2 Å². The normalized spacial score (nSPS) is 13.6. The van der Waals surface area contributed by atoms with Gasteiger partial charge >= 0.3 is 6.03 Å². The number of rotatable bonds is 7. The van der Waals surface area contributed by atoms with Gasteiger partial charge in [0.2, 0.25) is 0 Å². The number of nitrogens with zero attached hydrogens (tertiary/aromatic N) is 1. The van der Waals surface area contributed by atoms with Crippen molar-refractivity contribution in [3.05, 3.63) is 82.6 Å². The van der Waals surface area contributed by atoms with E-state index in [1.165, 1.54) is 25.2 Å². The highest BCUT2D eigenvalue weighted by molar-refractivity contribution is 6.31. The monoisotopic (exact) mass is 512 g/mol. The molecule has 0 unspecified atom stereocenters. The molecule has 1 aliphatic heterocycles. The van der Waals surface area contributed by atoms with Crippen molar-refractivity contribution in [2.45, 2.75) is 6.54 Å². The van der Waals surface area contributed by atoms with Crippen LogP contribution in [-0.4, -0.2) is 50.2 Å². The zero-order valence-electron chi connectivity index (χ0n) is 19.6. The van der Waals surface area contributed by atoms with E-state index < -0.39 is 17.8 Å². The van der Waals surface area contributed by atoms with Crippen molar-refractivity contribution < 1.29 is 23.5 Å². The maximum absolute atomic E-state index is 13.8. The molecule has 0 spiro atoms. The number of nitrogens with one attached hydrogen (secondary N) is 3. The van der Waals surface area contributed by atoms with Gasteiger partial charge in [0.15, 0.2) is 0 Å². The molecule has 1 heterocycles. The standard InChI is InChI=1S/C26H26ClFN4O4/c1-29-25(33)22-15-21(7-9-24(22)28)36-20-5-2-18(3-6-20)30-26(34)31-19-4-8-23(27)17(14-19)16-32-10-12-35-13-11-32/h2-9,14-15H,10-13,16H2,1H3,(H,29,33)(H2,30,31,34). The summed E-state index contributed by atoms with van der Waals surface area (Å²) in [6.07, 6.45) is 0. The lowest BCUT2D eigenvalue weighted by Gasteiger charge is -2.27. The SMILES string of the molecule is CNC(=O)c1cc(Oc2ccc(NC(=O)Nc3ccc(Cl)c(CN4CCOCC4)c3)cc2)ccc1F. The molecule has 0 aliphatic carbocycles. The highest BCUT2D eigenvalue weighted by Gasteiger charge is 2.14. The lowest BCUT2D eigenvalue weighted by Crippen LogP contribution is -2.35. The lowest BCUT2D eigenvalue weighted by atomic mass is 10.1. The minimum absolute atomic E-state index is 0.111. The van der Waals surface area contributed by atoms with Gasteiger partial charge in [-0.2, -0.15) is 0 Å². The second-order valence-corrected chi connectivity index (χ2v) is 8.53. The first kappa shape index (κ1) is 25.4. The van der Waals surface area contributed by atoms with Crippen LogP contribution in [0.2, 0.25) is 5.02 Å². The van der Waals surface area contributed by atoms with Crippen LogP contribution >= 0.6 is 11.6 Å². The molecular weight excluding hydrogens is 487 g/mol. The van der Waals surface area contributed by atoms with E-state index in [1.807, 2.05) is 6.07 Å². The maximum atomic E-state index is 13.8. The molecule has 36 heavy (non-hydrogen) atoms. The molecular formula is C26H26ClFN4O4. The molecule has 10 heteroatoms. The average Bonchev–Trinajstić information content (AvgIpc) is 2.88. The number of carbonyl (C=O) groups is 2. The summed E-state index contributed by atoms with van der Waals surface area (Å²) in [7, 11) is 1.43. The molecule has 0 atom stereocenters. The van der Waals surface area contributed by atoms with Gasteiger partial charge in [0.1, 0.15) is 17.3 Å². The van der Waals surface area contributed by atoms with Gasteiger partial charge < -0.3 is 25.4 Å². The van der Waals surface area contributed by atoms with Gasteiger partial charge in [-0.25, -0.2) is 9.18 Å². The summed E-state index contributed by atoms with van der Waals surface area (Å²) in [6, 6.07) is 15.6. The van der Waals surface area contributed by atoms with E-state index >= 15 is 0 Å². The quantitative estimate of drug-likeness (QED) is 0.409. The number of ether oxygens (including phenoxy) is 2. The molecule has 0 radical (unpaired) electrons. The second kappa shape index (κ2) is 11.9. The fraction of sp³-hybridized carbons (Fsp3) is 0.231. The minimum Gasteiger partial charge on any atom is -0.457 e. The van der Waals surface area contributed by atoms with Crippen LogP contribution in [0.5, 0.6) is 11.5 Å². The van der Waals surface area contributed by atoms with Gasteiger partial charge in [-0.3, -0.25) is 9.69 Å². The third-order valence-corrected chi connectivity index (χ3v) is 5.93. The summed E-state index contributed by atoms with van der Waals surface area (Å²) >= 11 is 6.36. The van der Waals surface area contributed by atoms with Crippen LogP contribution in [0.25, 0.3) is 0 Å². The number of anilines is 2. The fourth-order valence-electron chi connectivity index (χ4n) is 3.69. The number of urea groups is 1. The van der Waals surface area contributed by atoms with Crippen LogP contribution in [0.15, 0.2) is 60.7 Å². The Kier molecular flexibility index (Phi) is 8.37. The van der Waals surface area contributed by atoms with Gasteiger partial charge in [-0.05, 0) is 66.2 Å². The lowest BCUT2D eigenvalue weighted by molar-refractivity contribution is 0.0342. The molecule has 3 aromatic carbocycles. The maximum Gasteiger partial charge on any atom is 0.323 e. The van der Waals surface area contributed by atoms with Crippen molar-refractivity contribution >= 4 is 34.9 Å². The summed E-state index contributed by atoms with van der Waals surface area (Å²) in [4.78, 5) is 26.5. The van der Waals surface area contributed by atoms with E-state index in [0.29, 0.717) is 47.7 Å². The van der Waals surface area contributed by atoms with Crippen LogP contribution < -0.4 is 20.7 Å². The van der Waals surface area contributed by atoms with E-state index in [-0.39, 0.29) is 5.56 Å². The molecule has 1 saturated heterocycles. The fourth-order valence-corrected chi connectivity index (χ4v) is 3.86. The summed E-state index contributed by atoms with van der Waals surface area (Å²) in [5, 5.41) is 8.62. The van der Waals surface area contributed by atoms with Gasteiger partial charge in [0, 0.05) is 43.1 Å². The molecule has 188 valence electrons. The largest absolute Gasteiger partial charge is 0.457 e. The molecule has 4 rings (SSSR count). The predicted molar refractivity (Wildman–Crippen MR) is 136 cm³/mol. The molecule has 1 fully saturated rings. The van der Waals surface area contributed by atoms with Crippen molar-refractivity contribution in [2.75, 3.05) is 44.0 Å². The van der Waals surface area contributed by atoms with Crippen LogP contribution in [0, 0.1) is 5.82 Å². The van der Waals surface area contributed by atoms with Crippen LogP contribution in [-0.2, 0) is 11.3 Å². The molecule has 8 nitrogen and oxygen atoms in total. The molecule has 3 aromatic rings. The van der Waals surface area contributed by atoms with Gasteiger partial charge in [-0.15, -0.1) is 0 Å². The Morgan fingerprint density at radius 3 is 2.36 bits per heavy atom. The first-order chi connectivity index (χ1) is 17.4. The van der Waals surface area contributed by atoms with Crippen LogP contribution in [0.3, 0.4) is 0 Å². The van der Waals surface area contributed by atoms with E-state index in [0.717, 1.165) is 18.7 Å². The number of morpholine rings is 1. The van der Waals surface area contributed by atoms with E-state index in [1.54, 1.807) is 36.4 Å². The molecule has 0 bridgehead atoms. The Hall–Kier alpha value is -3.66. The first-order valence-corrected chi connectivity index (χ1v) is 11.7. The van der Waals surface area contributed by atoms with Gasteiger partial charge in [0.05, 0.1) is 18.8 Å². The zero-order chi connectivity index (χ0) is 25.5. The third kappa shape index (κ3) is 6.72. The summed E-state index contributed by atoms with van der Waals surface area (Å²) in [6.45, 7) is 3.75. The Morgan fingerprint density at radius 2 is 1.64 bits per heavy atom. The predicted octanol–water partition coefficient (Wildman–Crippen LogP) is 5.11. The Labute approximate surface area is 213 Å². The molecule has 3 N–H and O–H groups in total. The molecule has 1 aliphatic rings.